The number of nitrogens with zero attached hydrogens (tertiary/aromatic N) is 1. The van der Waals surface area contributed by atoms with Crippen LogP contribution in [0, 0.1) is 0 Å². The van der Waals surface area contributed by atoms with Crippen molar-refractivity contribution < 1.29 is 4.79 Å². The molecule has 0 saturated heterocycles. The Hall–Kier alpha value is -2.65. The molecule has 3 nitrogen and oxygen atoms in total. The zero-order chi connectivity index (χ0) is 17.8. The number of carbonyl (C=O) groups is 1. The molecule has 0 bridgehead atoms. The molecule has 2 aliphatic rings. The van der Waals surface area contributed by atoms with Gasteiger partial charge in [0.2, 0.25) is 0 Å². The van der Waals surface area contributed by atoms with Crippen LogP contribution in [0.4, 0.5) is 5.69 Å². The lowest BCUT2D eigenvalue weighted by Crippen LogP contribution is -2.31. The molecule has 132 valence electrons. The molecule has 1 aliphatic heterocycles. The van der Waals surface area contributed by atoms with Crippen molar-refractivity contribution in [3.63, 3.8) is 0 Å². The summed E-state index contributed by atoms with van der Waals surface area (Å²) in [6, 6.07) is 17.5. The summed E-state index contributed by atoms with van der Waals surface area (Å²) < 4.78 is 0. The summed E-state index contributed by atoms with van der Waals surface area (Å²) in [5.74, 6) is -0.0668. The lowest BCUT2D eigenvalue weighted by molar-refractivity contribution is 0.102. The maximum absolute atomic E-state index is 12.3. The minimum atomic E-state index is -0.0668. The topological polar surface area (TPSA) is 32.3 Å². The minimum absolute atomic E-state index is 0.0668. The molecule has 26 heavy (non-hydrogen) atoms. The van der Waals surface area contributed by atoms with Gasteiger partial charge in [-0.25, -0.2) is 0 Å². The molecule has 0 saturated carbocycles. The summed E-state index contributed by atoms with van der Waals surface area (Å²) in [4.78, 5) is 14.8. The van der Waals surface area contributed by atoms with E-state index in [0.29, 0.717) is 5.56 Å². The van der Waals surface area contributed by atoms with E-state index in [-0.39, 0.29) is 5.91 Å². The minimum Gasteiger partial charge on any atom is -0.322 e. The van der Waals surface area contributed by atoms with Gasteiger partial charge in [-0.3, -0.25) is 9.69 Å². The first kappa shape index (κ1) is 16.8. The predicted molar refractivity (Wildman–Crippen MR) is 106 cm³/mol. The van der Waals surface area contributed by atoms with E-state index in [1.54, 1.807) is 5.57 Å². The van der Waals surface area contributed by atoms with Crippen LogP contribution in [0.15, 0.2) is 77.9 Å². The third kappa shape index (κ3) is 3.94. The molecule has 1 heterocycles. The van der Waals surface area contributed by atoms with E-state index < -0.39 is 0 Å². The quantitative estimate of drug-likeness (QED) is 0.865. The van der Waals surface area contributed by atoms with Crippen molar-refractivity contribution in [2.45, 2.75) is 25.8 Å². The van der Waals surface area contributed by atoms with E-state index in [1.807, 2.05) is 42.5 Å². The van der Waals surface area contributed by atoms with Crippen LogP contribution in [0.3, 0.4) is 0 Å². The lowest BCUT2D eigenvalue weighted by Gasteiger charge is -2.31. The van der Waals surface area contributed by atoms with Crippen molar-refractivity contribution in [3.8, 4) is 0 Å². The molecular formula is C23H24N2O. The molecule has 2 aromatic rings. The lowest BCUT2D eigenvalue weighted by atomic mass is 9.91. The number of carbonyl (C=O) groups excluding carboxylic acids is 1. The van der Waals surface area contributed by atoms with Crippen LogP contribution in [0.1, 0.15) is 35.2 Å². The van der Waals surface area contributed by atoms with E-state index >= 15 is 0 Å². The average Bonchev–Trinajstić information content (AvgIpc) is 2.69. The van der Waals surface area contributed by atoms with Gasteiger partial charge in [-0.15, -0.1) is 0 Å². The number of para-hydroxylation sites is 1. The van der Waals surface area contributed by atoms with Gasteiger partial charge < -0.3 is 5.32 Å². The van der Waals surface area contributed by atoms with Gasteiger partial charge in [0, 0.05) is 30.9 Å². The van der Waals surface area contributed by atoms with Crippen LogP contribution < -0.4 is 5.32 Å². The zero-order valence-electron chi connectivity index (χ0n) is 14.9. The maximum atomic E-state index is 12.3. The molecule has 0 spiro atoms. The van der Waals surface area contributed by atoms with Gasteiger partial charge in [-0.1, -0.05) is 48.1 Å². The normalized spacial score (nSPS) is 17.1. The molecule has 4 rings (SSSR count). The monoisotopic (exact) mass is 344 g/mol. The predicted octanol–water partition coefficient (Wildman–Crippen LogP) is 4.79. The van der Waals surface area contributed by atoms with E-state index in [4.69, 9.17) is 0 Å². The van der Waals surface area contributed by atoms with Crippen molar-refractivity contribution in [2.75, 3.05) is 18.4 Å². The number of allylic oxidation sites excluding steroid dienone is 1. The van der Waals surface area contributed by atoms with Crippen LogP contribution in [0.25, 0.3) is 0 Å². The summed E-state index contributed by atoms with van der Waals surface area (Å²) >= 11 is 0. The second kappa shape index (κ2) is 7.71. The van der Waals surface area contributed by atoms with E-state index in [0.717, 1.165) is 25.3 Å². The summed E-state index contributed by atoms with van der Waals surface area (Å²) in [5.41, 5.74) is 5.93. The SMILES string of the molecule is O=C(Nc1ccccc1)c1ccc(CN2CCC3=C(C=CCC3)C2)cc1. The first-order valence-electron chi connectivity index (χ1n) is 9.33. The van der Waals surface area contributed by atoms with Gasteiger partial charge in [0.05, 0.1) is 0 Å². The fourth-order valence-corrected chi connectivity index (χ4v) is 3.70. The molecule has 0 radical (unpaired) electrons. The number of anilines is 1. The molecule has 3 heteroatoms. The molecule has 2 aromatic carbocycles. The highest BCUT2D eigenvalue weighted by Gasteiger charge is 2.19. The van der Waals surface area contributed by atoms with Crippen molar-refractivity contribution >= 4 is 11.6 Å². The van der Waals surface area contributed by atoms with Crippen molar-refractivity contribution in [1.29, 1.82) is 0 Å². The largest absolute Gasteiger partial charge is 0.322 e. The van der Waals surface area contributed by atoms with Gasteiger partial charge in [-0.05, 0) is 54.7 Å². The van der Waals surface area contributed by atoms with Crippen LogP contribution in [0.2, 0.25) is 0 Å². The Labute approximate surface area is 155 Å². The zero-order valence-corrected chi connectivity index (χ0v) is 14.9. The third-order valence-corrected chi connectivity index (χ3v) is 5.16. The third-order valence-electron chi connectivity index (χ3n) is 5.16. The van der Waals surface area contributed by atoms with Crippen LogP contribution in [0.5, 0.6) is 0 Å². The summed E-state index contributed by atoms with van der Waals surface area (Å²) in [7, 11) is 0. The summed E-state index contributed by atoms with van der Waals surface area (Å²) in [5, 5.41) is 2.93. The Bertz CT molecular complexity index is 834. The first-order valence-corrected chi connectivity index (χ1v) is 9.33. The second-order valence-corrected chi connectivity index (χ2v) is 7.05. The Kier molecular flexibility index (Phi) is 4.98. The van der Waals surface area contributed by atoms with Gasteiger partial charge in [-0.2, -0.15) is 0 Å². The number of rotatable bonds is 4. The first-order chi connectivity index (χ1) is 12.8. The molecule has 1 aliphatic carbocycles. The second-order valence-electron chi connectivity index (χ2n) is 7.05. The average molecular weight is 344 g/mol. The number of hydrogen-bond donors (Lipinski definition) is 1. The maximum Gasteiger partial charge on any atom is 0.255 e. The summed E-state index contributed by atoms with van der Waals surface area (Å²) in [6.45, 7) is 3.11. The summed E-state index contributed by atoms with van der Waals surface area (Å²) in [6.07, 6.45) is 8.23. The van der Waals surface area contributed by atoms with Gasteiger partial charge in [0.25, 0.3) is 5.91 Å². The standard InChI is InChI=1S/C23H24N2O/c26-23(24-22-8-2-1-3-9-22)20-12-10-18(11-13-20)16-25-15-14-19-6-4-5-7-21(19)17-25/h1-3,5,7-13H,4,6,14-17H2,(H,24,26). The Balaban J connectivity index is 1.37. The fourth-order valence-electron chi connectivity index (χ4n) is 3.70. The van der Waals surface area contributed by atoms with Gasteiger partial charge in [0.15, 0.2) is 0 Å². The Morgan fingerprint density at radius 1 is 1.00 bits per heavy atom. The molecular weight excluding hydrogens is 320 g/mol. The van der Waals surface area contributed by atoms with Gasteiger partial charge in [0.1, 0.15) is 0 Å². The highest BCUT2D eigenvalue weighted by atomic mass is 16.1. The van der Waals surface area contributed by atoms with E-state index in [1.165, 1.54) is 30.4 Å². The molecule has 0 atom stereocenters. The van der Waals surface area contributed by atoms with E-state index in [2.05, 4.69) is 34.5 Å². The highest BCUT2D eigenvalue weighted by Crippen LogP contribution is 2.27. The number of nitrogens with one attached hydrogen (secondary N) is 1. The van der Waals surface area contributed by atoms with Crippen LogP contribution in [-0.2, 0) is 6.54 Å². The smallest absolute Gasteiger partial charge is 0.255 e. The van der Waals surface area contributed by atoms with Crippen molar-refractivity contribution in [1.82, 2.24) is 4.90 Å². The Morgan fingerprint density at radius 2 is 1.81 bits per heavy atom. The van der Waals surface area contributed by atoms with Crippen molar-refractivity contribution in [3.05, 3.63) is 89.0 Å². The van der Waals surface area contributed by atoms with Gasteiger partial charge >= 0.3 is 0 Å². The molecule has 1 amide bonds. The number of hydrogen-bond acceptors (Lipinski definition) is 2. The molecule has 1 N–H and O–H groups in total. The van der Waals surface area contributed by atoms with E-state index in [9.17, 15) is 4.79 Å². The highest BCUT2D eigenvalue weighted by molar-refractivity contribution is 6.04. The molecule has 0 aromatic heterocycles. The number of amides is 1. The number of benzene rings is 2. The molecule has 0 fully saturated rings. The Morgan fingerprint density at radius 3 is 2.62 bits per heavy atom. The fraction of sp³-hybridized carbons (Fsp3) is 0.261. The molecule has 0 unspecified atom stereocenters. The van der Waals surface area contributed by atoms with Crippen LogP contribution >= 0.6 is 0 Å². The van der Waals surface area contributed by atoms with Crippen molar-refractivity contribution in [2.24, 2.45) is 0 Å². The van der Waals surface area contributed by atoms with Crippen LogP contribution in [-0.4, -0.2) is 23.9 Å².